The summed E-state index contributed by atoms with van der Waals surface area (Å²) < 4.78 is 40.8. The van der Waals surface area contributed by atoms with E-state index >= 15 is 0 Å². The van der Waals surface area contributed by atoms with Gasteiger partial charge < -0.3 is 21.8 Å². The van der Waals surface area contributed by atoms with Gasteiger partial charge in [-0.2, -0.15) is 0 Å². The molecular weight excluding hydrogens is 175 g/mol. The molecule has 7 heteroatoms. The van der Waals surface area contributed by atoms with Gasteiger partial charge in [-0.05, 0) is 0 Å². The molecule has 0 unspecified atom stereocenters. The molecule has 0 radical (unpaired) electrons. The van der Waals surface area contributed by atoms with Crippen molar-refractivity contribution in [3.8, 4) is 0 Å². The van der Waals surface area contributed by atoms with E-state index in [0.717, 1.165) is 0 Å². The Morgan fingerprint density at radius 2 is 1.83 bits per heavy atom. The van der Waals surface area contributed by atoms with Crippen molar-refractivity contribution in [2.75, 3.05) is 0 Å². The lowest BCUT2D eigenvalue weighted by Crippen LogP contribution is -2.02. The highest BCUT2D eigenvalue weighted by molar-refractivity contribution is 6.50. The zero-order valence-electron chi connectivity index (χ0n) is 6.00. The molecule has 0 aliphatic heterocycles. The van der Waals surface area contributed by atoms with Crippen LogP contribution in [0.4, 0.5) is 17.3 Å². The van der Waals surface area contributed by atoms with Gasteiger partial charge in [-0.25, -0.2) is 4.98 Å². The standard InChI is InChI=1S/C5H6N2.BF4/c1-2-7-4-3-6-5-7;2-1(3,4)5/h2-5H,1H2;/q;-1. The van der Waals surface area contributed by atoms with E-state index in [-0.39, 0.29) is 0 Å². The molecule has 1 rings (SSSR count). The van der Waals surface area contributed by atoms with Crippen molar-refractivity contribution in [3.63, 3.8) is 0 Å². The second-order valence-corrected chi connectivity index (χ2v) is 1.69. The maximum Gasteiger partial charge on any atom is 0.673 e. The topological polar surface area (TPSA) is 17.8 Å². The van der Waals surface area contributed by atoms with Crippen LogP contribution in [-0.4, -0.2) is 16.8 Å². The van der Waals surface area contributed by atoms with E-state index in [2.05, 4.69) is 11.6 Å². The number of hydrogen-bond donors (Lipinski definition) is 0. The maximum atomic E-state index is 9.75. The van der Waals surface area contributed by atoms with Gasteiger partial charge in [0.1, 0.15) is 0 Å². The number of aromatic nitrogens is 2. The molecule has 0 fully saturated rings. The lowest BCUT2D eigenvalue weighted by Gasteiger charge is -1.94. The second kappa shape index (κ2) is 4.58. The van der Waals surface area contributed by atoms with Crippen molar-refractivity contribution in [3.05, 3.63) is 25.3 Å². The summed E-state index contributed by atoms with van der Waals surface area (Å²) in [5, 5.41) is 0. The molecule has 0 aliphatic carbocycles. The molecule has 2 nitrogen and oxygen atoms in total. The molecule has 1 aromatic rings. The van der Waals surface area contributed by atoms with Crippen LogP contribution in [0.25, 0.3) is 6.20 Å². The summed E-state index contributed by atoms with van der Waals surface area (Å²) in [5.41, 5.74) is 0. The van der Waals surface area contributed by atoms with Gasteiger partial charge in [-0.15, -0.1) is 0 Å². The van der Waals surface area contributed by atoms with Crippen LogP contribution in [-0.2, 0) is 0 Å². The van der Waals surface area contributed by atoms with Gasteiger partial charge in [-0.1, -0.05) is 6.58 Å². The third kappa shape index (κ3) is 8.73. The molecule has 0 saturated heterocycles. The van der Waals surface area contributed by atoms with Crippen molar-refractivity contribution in [2.24, 2.45) is 0 Å². The fourth-order valence-corrected chi connectivity index (χ4v) is 0.377. The minimum Gasteiger partial charge on any atom is -0.418 e. The Hall–Kier alpha value is -1.27. The Kier molecular flexibility index (Phi) is 4.10. The smallest absolute Gasteiger partial charge is 0.418 e. The minimum absolute atomic E-state index is 1.69. The normalized spacial score (nSPS) is 10.0. The van der Waals surface area contributed by atoms with Crippen molar-refractivity contribution in [1.29, 1.82) is 0 Å². The van der Waals surface area contributed by atoms with Gasteiger partial charge in [0, 0.05) is 18.6 Å². The zero-order valence-corrected chi connectivity index (χ0v) is 6.00. The third-order valence-electron chi connectivity index (χ3n) is 0.736. The van der Waals surface area contributed by atoms with Crippen LogP contribution in [0.15, 0.2) is 25.3 Å². The largest absolute Gasteiger partial charge is 0.673 e. The van der Waals surface area contributed by atoms with Gasteiger partial charge in [-0.3, -0.25) is 0 Å². The summed E-state index contributed by atoms with van der Waals surface area (Å²) in [4.78, 5) is 3.78. The number of hydrogen-bond acceptors (Lipinski definition) is 1. The van der Waals surface area contributed by atoms with E-state index in [9.17, 15) is 17.3 Å². The average molecular weight is 181 g/mol. The Labute approximate surface area is 66.6 Å². The number of halogens is 4. The van der Waals surface area contributed by atoms with Crippen LogP contribution in [0.2, 0.25) is 0 Å². The van der Waals surface area contributed by atoms with E-state index in [1.807, 2.05) is 6.20 Å². The van der Waals surface area contributed by atoms with E-state index < -0.39 is 7.25 Å². The molecular formula is C5H6BF4N2-. The highest BCUT2D eigenvalue weighted by Gasteiger charge is 2.20. The van der Waals surface area contributed by atoms with E-state index in [0.29, 0.717) is 0 Å². The summed E-state index contributed by atoms with van der Waals surface area (Å²) in [6, 6.07) is 0. The first-order valence-electron chi connectivity index (χ1n) is 2.91. The molecule has 68 valence electrons. The third-order valence-corrected chi connectivity index (χ3v) is 0.736. The number of rotatable bonds is 1. The van der Waals surface area contributed by atoms with E-state index in [4.69, 9.17) is 0 Å². The Morgan fingerprint density at radius 3 is 2.00 bits per heavy atom. The Morgan fingerprint density at radius 1 is 1.33 bits per heavy atom. The molecule has 0 atom stereocenters. The number of nitrogens with zero attached hydrogens (tertiary/aromatic N) is 2. The van der Waals surface area contributed by atoms with E-state index in [1.54, 1.807) is 23.3 Å². The predicted octanol–water partition coefficient (Wildman–Crippen LogP) is 2.28. The molecule has 1 heterocycles. The lowest BCUT2D eigenvalue weighted by atomic mass is 10.3. The fourth-order valence-electron chi connectivity index (χ4n) is 0.377. The molecule has 0 spiro atoms. The monoisotopic (exact) mass is 181 g/mol. The maximum absolute atomic E-state index is 9.75. The lowest BCUT2D eigenvalue weighted by molar-refractivity contribution is 0.368. The first-order chi connectivity index (χ1) is 5.43. The Bertz CT molecular complexity index is 212. The van der Waals surface area contributed by atoms with Crippen LogP contribution in [0.1, 0.15) is 0 Å². The first kappa shape index (κ1) is 10.7. The number of imidazole rings is 1. The van der Waals surface area contributed by atoms with Crippen LogP contribution < -0.4 is 0 Å². The highest BCUT2D eigenvalue weighted by Crippen LogP contribution is 2.06. The molecule has 0 amide bonds. The van der Waals surface area contributed by atoms with Crippen molar-refractivity contribution < 1.29 is 17.3 Å². The van der Waals surface area contributed by atoms with Gasteiger partial charge >= 0.3 is 7.25 Å². The molecule has 1 aromatic heterocycles. The van der Waals surface area contributed by atoms with Gasteiger partial charge in [0.25, 0.3) is 0 Å². The summed E-state index contributed by atoms with van der Waals surface area (Å²) in [7, 11) is -6.00. The quantitative estimate of drug-likeness (QED) is 0.479. The molecule has 0 saturated carbocycles. The van der Waals surface area contributed by atoms with Crippen LogP contribution in [0.3, 0.4) is 0 Å². The SMILES string of the molecule is C=Cn1ccnc1.F[B-](F)(F)F. The molecule has 0 aromatic carbocycles. The van der Waals surface area contributed by atoms with Gasteiger partial charge in [0.15, 0.2) is 0 Å². The van der Waals surface area contributed by atoms with Crippen molar-refractivity contribution >= 4 is 13.5 Å². The summed E-state index contributed by atoms with van der Waals surface area (Å²) in [6.07, 6.45) is 6.91. The zero-order chi connectivity index (χ0) is 9.61. The highest BCUT2D eigenvalue weighted by atomic mass is 19.5. The molecule has 0 bridgehead atoms. The summed E-state index contributed by atoms with van der Waals surface area (Å²) in [6.45, 7) is 3.53. The molecule has 0 N–H and O–H groups in total. The van der Waals surface area contributed by atoms with Gasteiger partial charge in [0.2, 0.25) is 0 Å². The predicted molar refractivity (Wildman–Crippen MR) is 38.8 cm³/mol. The molecule has 12 heavy (non-hydrogen) atoms. The fraction of sp³-hybridized carbons (Fsp3) is 0. The Balaban J connectivity index is 0.000000217. The van der Waals surface area contributed by atoms with Crippen LogP contribution in [0.5, 0.6) is 0 Å². The summed E-state index contributed by atoms with van der Waals surface area (Å²) in [5.74, 6) is 0. The van der Waals surface area contributed by atoms with Gasteiger partial charge in [0.05, 0.1) is 6.33 Å². The van der Waals surface area contributed by atoms with Crippen molar-refractivity contribution in [1.82, 2.24) is 9.55 Å². The second-order valence-electron chi connectivity index (χ2n) is 1.69. The van der Waals surface area contributed by atoms with Crippen LogP contribution >= 0.6 is 0 Å². The first-order valence-corrected chi connectivity index (χ1v) is 2.91. The van der Waals surface area contributed by atoms with E-state index in [1.165, 1.54) is 0 Å². The average Bonchev–Trinajstić information content (AvgIpc) is 2.33. The van der Waals surface area contributed by atoms with Crippen LogP contribution in [0, 0.1) is 0 Å². The van der Waals surface area contributed by atoms with Crippen molar-refractivity contribution in [2.45, 2.75) is 0 Å². The summed E-state index contributed by atoms with van der Waals surface area (Å²) >= 11 is 0. The molecule has 0 aliphatic rings. The minimum atomic E-state index is -6.00.